The highest BCUT2D eigenvalue weighted by Crippen LogP contribution is 2.15. The monoisotopic (exact) mass is 317 g/mol. The number of halogens is 1. The van der Waals surface area contributed by atoms with Gasteiger partial charge in [-0.05, 0) is 24.6 Å². The molecule has 21 heavy (non-hydrogen) atoms. The molecule has 0 aromatic heterocycles. The Morgan fingerprint density at radius 1 is 1.43 bits per heavy atom. The molecule has 0 aliphatic carbocycles. The number of nitrogens with one attached hydrogen (secondary N) is 1. The summed E-state index contributed by atoms with van der Waals surface area (Å²) in [5.41, 5.74) is -0.320. The van der Waals surface area contributed by atoms with E-state index in [0.717, 1.165) is 12.1 Å². The Balaban J connectivity index is 2.66. The minimum Gasteiger partial charge on any atom is -0.478 e. The summed E-state index contributed by atoms with van der Waals surface area (Å²) in [6, 6.07) is 2.61. The minimum absolute atomic E-state index is 0.0143. The summed E-state index contributed by atoms with van der Waals surface area (Å²) < 4.78 is 44.7. The first-order valence-electron chi connectivity index (χ1n) is 6.09. The van der Waals surface area contributed by atoms with Gasteiger partial charge in [-0.15, -0.1) is 6.58 Å². The number of ether oxygens (including phenoxy) is 1. The van der Waals surface area contributed by atoms with Crippen molar-refractivity contribution in [2.45, 2.75) is 11.3 Å². The Labute approximate surface area is 122 Å². The zero-order chi connectivity index (χ0) is 15.9. The standard InChI is InChI=1S/C13H16FNO5S/c1-2-3-7-20-8-6-15-21(18,19)12-5-4-10(13(16)17)9-11(12)14/h2,4-5,9,15H,1,3,6-8H2,(H,16,17). The smallest absolute Gasteiger partial charge is 0.335 e. The molecule has 0 bridgehead atoms. The van der Waals surface area contributed by atoms with Crippen molar-refractivity contribution in [2.24, 2.45) is 0 Å². The molecule has 0 spiro atoms. The molecule has 0 radical (unpaired) electrons. The molecule has 0 atom stereocenters. The molecule has 6 nitrogen and oxygen atoms in total. The van der Waals surface area contributed by atoms with E-state index in [0.29, 0.717) is 19.1 Å². The lowest BCUT2D eigenvalue weighted by atomic mass is 10.2. The van der Waals surface area contributed by atoms with Crippen molar-refractivity contribution in [3.05, 3.63) is 42.2 Å². The first-order valence-corrected chi connectivity index (χ1v) is 7.58. The van der Waals surface area contributed by atoms with E-state index >= 15 is 0 Å². The molecule has 0 amide bonds. The maximum atomic E-state index is 13.7. The summed E-state index contributed by atoms with van der Waals surface area (Å²) in [6.07, 6.45) is 2.32. The van der Waals surface area contributed by atoms with Crippen molar-refractivity contribution >= 4 is 16.0 Å². The summed E-state index contributed by atoms with van der Waals surface area (Å²) in [5.74, 6) is -2.45. The van der Waals surface area contributed by atoms with E-state index < -0.39 is 26.7 Å². The molecule has 0 saturated carbocycles. The minimum atomic E-state index is -4.04. The van der Waals surface area contributed by atoms with Gasteiger partial charge in [-0.3, -0.25) is 0 Å². The van der Waals surface area contributed by atoms with Gasteiger partial charge in [0.15, 0.2) is 0 Å². The van der Waals surface area contributed by atoms with E-state index in [1.54, 1.807) is 6.08 Å². The third-order valence-corrected chi connectivity index (χ3v) is 3.97. The SMILES string of the molecule is C=CCCOCCNS(=O)(=O)c1ccc(C(=O)O)cc1F. The van der Waals surface area contributed by atoms with Gasteiger partial charge < -0.3 is 9.84 Å². The Kier molecular flexibility index (Phi) is 6.47. The molecule has 0 saturated heterocycles. The fraction of sp³-hybridized carbons (Fsp3) is 0.308. The van der Waals surface area contributed by atoms with Crippen LogP contribution in [0.2, 0.25) is 0 Å². The number of carboxylic acids is 1. The normalized spacial score (nSPS) is 11.3. The number of sulfonamides is 1. The summed E-state index contributed by atoms with van der Waals surface area (Å²) in [6.45, 7) is 4.06. The summed E-state index contributed by atoms with van der Waals surface area (Å²) in [4.78, 5) is 10.1. The van der Waals surface area contributed by atoms with Crippen molar-refractivity contribution in [2.75, 3.05) is 19.8 Å². The van der Waals surface area contributed by atoms with Crippen LogP contribution in [-0.4, -0.2) is 39.3 Å². The van der Waals surface area contributed by atoms with Gasteiger partial charge in [0.05, 0.1) is 18.8 Å². The van der Waals surface area contributed by atoms with E-state index in [1.165, 1.54) is 0 Å². The van der Waals surface area contributed by atoms with Crippen LogP contribution in [0.1, 0.15) is 16.8 Å². The molecular weight excluding hydrogens is 301 g/mol. The second-order valence-corrected chi connectivity index (χ2v) is 5.77. The Bertz CT molecular complexity index is 615. The summed E-state index contributed by atoms with van der Waals surface area (Å²) in [5, 5.41) is 8.69. The number of rotatable bonds is 9. The number of carboxylic acid groups (broad SMARTS) is 1. The third kappa shape index (κ3) is 5.25. The van der Waals surface area contributed by atoms with Crippen molar-refractivity contribution in [1.29, 1.82) is 0 Å². The van der Waals surface area contributed by atoms with E-state index in [-0.39, 0.29) is 18.7 Å². The van der Waals surface area contributed by atoms with Crippen molar-refractivity contribution in [3.63, 3.8) is 0 Å². The van der Waals surface area contributed by atoms with Gasteiger partial charge in [-0.2, -0.15) is 0 Å². The van der Waals surface area contributed by atoms with Crippen LogP contribution in [0.15, 0.2) is 35.7 Å². The number of hydrogen-bond donors (Lipinski definition) is 2. The lowest BCUT2D eigenvalue weighted by Crippen LogP contribution is -2.28. The molecule has 0 fully saturated rings. The predicted octanol–water partition coefficient (Wildman–Crippen LogP) is 1.39. The molecule has 1 aromatic rings. The van der Waals surface area contributed by atoms with E-state index in [1.807, 2.05) is 0 Å². The molecule has 1 rings (SSSR count). The van der Waals surface area contributed by atoms with Crippen LogP contribution < -0.4 is 4.72 Å². The molecule has 0 aliphatic heterocycles. The van der Waals surface area contributed by atoms with Crippen molar-refractivity contribution < 1.29 is 27.4 Å². The third-order valence-electron chi connectivity index (χ3n) is 2.47. The highest BCUT2D eigenvalue weighted by molar-refractivity contribution is 7.89. The fourth-order valence-electron chi connectivity index (χ4n) is 1.45. The molecule has 1 aromatic carbocycles. The number of aromatic carboxylic acids is 1. The zero-order valence-electron chi connectivity index (χ0n) is 11.2. The largest absolute Gasteiger partial charge is 0.478 e. The van der Waals surface area contributed by atoms with Gasteiger partial charge in [0.25, 0.3) is 0 Å². The maximum absolute atomic E-state index is 13.7. The molecule has 0 heterocycles. The number of benzene rings is 1. The average molecular weight is 317 g/mol. The molecule has 0 aliphatic rings. The van der Waals surface area contributed by atoms with Crippen LogP contribution in [0.4, 0.5) is 4.39 Å². The Hall–Kier alpha value is -1.77. The highest BCUT2D eigenvalue weighted by atomic mass is 32.2. The second kappa shape index (κ2) is 7.87. The van der Waals surface area contributed by atoms with Crippen LogP contribution in [0.3, 0.4) is 0 Å². The van der Waals surface area contributed by atoms with Gasteiger partial charge in [-0.25, -0.2) is 22.3 Å². The Morgan fingerprint density at radius 3 is 2.71 bits per heavy atom. The highest BCUT2D eigenvalue weighted by Gasteiger charge is 2.19. The fourth-order valence-corrected chi connectivity index (χ4v) is 2.52. The Morgan fingerprint density at radius 2 is 2.14 bits per heavy atom. The van der Waals surface area contributed by atoms with Crippen molar-refractivity contribution in [3.8, 4) is 0 Å². The molecule has 8 heteroatoms. The maximum Gasteiger partial charge on any atom is 0.335 e. The summed E-state index contributed by atoms with van der Waals surface area (Å²) >= 11 is 0. The topological polar surface area (TPSA) is 92.7 Å². The van der Waals surface area contributed by atoms with Crippen LogP contribution in [-0.2, 0) is 14.8 Å². The second-order valence-electron chi connectivity index (χ2n) is 4.04. The molecular formula is C13H16FNO5S. The van der Waals surface area contributed by atoms with Gasteiger partial charge in [0, 0.05) is 6.54 Å². The zero-order valence-corrected chi connectivity index (χ0v) is 12.0. The van der Waals surface area contributed by atoms with E-state index in [4.69, 9.17) is 9.84 Å². The predicted molar refractivity (Wildman–Crippen MR) is 74.2 cm³/mol. The number of carbonyl (C=O) groups is 1. The molecule has 2 N–H and O–H groups in total. The van der Waals surface area contributed by atoms with Crippen LogP contribution in [0.25, 0.3) is 0 Å². The van der Waals surface area contributed by atoms with Crippen LogP contribution in [0.5, 0.6) is 0 Å². The van der Waals surface area contributed by atoms with Crippen LogP contribution in [0, 0.1) is 5.82 Å². The molecule has 0 unspecified atom stereocenters. The lowest BCUT2D eigenvalue weighted by Gasteiger charge is -2.08. The number of hydrogen-bond acceptors (Lipinski definition) is 4. The first-order chi connectivity index (χ1) is 9.88. The summed E-state index contributed by atoms with van der Waals surface area (Å²) in [7, 11) is -4.04. The average Bonchev–Trinajstić information content (AvgIpc) is 2.42. The van der Waals surface area contributed by atoms with Gasteiger partial charge >= 0.3 is 5.97 Å². The molecule has 116 valence electrons. The van der Waals surface area contributed by atoms with Crippen LogP contribution >= 0.6 is 0 Å². The van der Waals surface area contributed by atoms with Gasteiger partial charge in [-0.1, -0.05) is 6.08 Å². The lowest BCUT2D eigenvalue weighted by molar-refractivity contribution is 0.0696. The van der Waals surface area contributed by atoms with Crippen molar-refractivity contribution in [1.82, 2.24) is 4.72 Å². The van der Waals surface area contributed by atoms with E-state index in [9.17, 15) is 17.6 Å². The first kappa shape index (κ1) is 17.3. The quantitative estimate of drug-likeness (QED) is 0.530. The van der Waals surface area contributed by atoms with E-state index in [2.05, 4.69) is 11.3 Å². The van der Waals surface area contributed by atoms with Gasteiger partial charge in [0.1, 0.15) is 10.7 Å². The van der Waals surface area contributed by atoms with Gasteiger partial charge in [0.2, 0.25) is 10.0 Å².